The van der Waals surface area contributed by atoms with E-state index in [1.54, 1.807) is 30.3 Å². The Bertz CT molecular complexity index is 598. The molecule has 0 aliphatic carbocycles. The third-order valence-corrected chi connectivity index (χ3v) is 3.14. The van der Waals surface area contributed by atoms with Gasteiger partial charge in [-0.25, -0.2) is 0 Å². The van der Waals surface area contributed by atoms with E-state index in [0.717, 1.165) is 5.56 Å². The van der Waals surface area contributed by atoms with Crippen LogP contribution < -0.4 is 11.1 Å². The summed E-state index contributed by atoms with van der Waals surface area (Å²) >= 11 is 5.93. The Kier molecular flexibility index (Phi) is 4.07. The monoisotopic (exact) mass is 274 g/mol. The molecule has 2 aromatic rings. The van der Waals surface area contributed by atoms with Crippen molar-refractivity contribution in [3.63, 3.8) is 0 Å². The molecule has 0 spiro atoms. The fraction of sp³-hybridized carbons (Fsp3) is 0.133. The molecule has 1 atom stereocenters. The highest BCUT2D eigenvalue weighted by atomic mass is 35.5. The highest BCUT2D eigenvalue weighted by molar-refractivity contribution is 6.30. The Balaban J connectivity index is 2.13. The number of rotatable bonds is 3. The van der Waals surface area contributed by atoms with E-state index in [-0.39, 0.29) is 11.9 Å². The SMILES string of the molecule is C[C@H](NC(=O)c1ccccc1N)c1cccc(Cl)c1. The maximum Gasteiger partial charge on any atom is 0.253 e. The first-order chi connectivity index (χ1) is 9.08. The Morgan fingerprint density at radius 3 is 2.63 bits per heavy atom. The van der Waals surface area contributed by atoms with Crippen molar-refractivity contribution in [2.45, 2.75) is 13.0 Å². The van der Waals surface area contributed by atoms with Crippen LogP contribution in [-0.2, 0) is 0 Å². The summed E-state index contributed by atoms with van der Waals surface area (Å²) in [7, 11) is 0. The highest BCUT2D eigenvalue weighted by Crippen LogP contribution is 2.18. The van der Waals surface area contributed by atoms with Crippen molar-refractivity contribution in [3.8, 4) is 0 Å². The fourth-order valence-electron chi connectivity index (χ4n) is 1.84. The lowest BCUT2D eigenvalue weighted by molar-refractivity contribution is 0.0941. The topological polar surface area (TPSA) is 55.1 Å². The molecule has 2 rings (SSSR count). The molecular weight excluding hydrogens is 260 g/mol. The molecule has 3 N–H and O–H groups in total. The summed E-state index contributed by atoms with van der Waals surface area (Å²) < 4.78 is 0. The first kappa shape index (κ1) is 13.4. The molecule has 98 valence electrons. The number of carbonyl (C=O) groups excluding carboxylic acids is 1. The molecule has 0 aliphatic heterocycles. The van der Waals surface area contributed by atoms with Gasteiger partial charge >= 0.3 is 0 Å². The van der Waals surface area contributed by atoms with Gasteiger partial charge in [0.15, 0.2) is 0 Å². The molecule has 3 nitrogen and oxygen atoms in total. The number of nitrogens with one attached hydrogen (secondary N) is 1. The van der Waals surface area contributed by atoms with Crippen LogP contribution >= 0.6 is 11.6 Å². The zero-order chi connectivity index (χ0) is 13.8. The predicted molar refractivity (Wildman–Crippen MR) is 78.2 cm³/mol. The van der Waals surface area contributed by atoms with E-state index >= 15 is 0 Å². The van der Waals surface area contributed by atoms with Gasteiger partial charge in [-0.15, -0.1) is 0 Å². The van der Waals surface area contributed by atoms with Crippen molar-refractivity contribution in [2.75, 3.05) is 5.73 Å². The molecule has 4 heteroatoms. The van der Waals surface area contributed by atoms with Crippen LogP contribution in [0, 0.1) is 0 Å². The van der Waals surface area contributed by atoms with Crippen LogP contribution in [0.2, 0.25) is 5.02 Å². The lowest BCUT2D eigenvalue weighted by atomic mass is 10.1. The molecular formula is C15H15ClN2O. The average molecular weight is 275 g/mol. The number of hydrogen-bond donors (Lipinski definition) is 2. The smallest absolute Gasteiger partial charge is 0.253 e. The molecule has 0 radical (unpaired) electrons. The van der Waals surface area contributed by atoms with Crippen LogP contribution in [0.25, 0.3) is 0 Å². The Labute approximate surface area is 117 Å². The number of benzene rings is 2. The third-order valence-electron chi connectivity index (χ3n) is 2.90. The van der Waals surface area contributed by atoms with Gasteiger partial charge in [0.25, 0.3) is 5.91 Å². The molecule has 0 bridgehead atoms. The van der Waals surface area contributed by atoms with Crippen LogP contribution in [-0.4, -0.2) is 5.91 Å². The summed E-state index contributed by atoms with van der Waals surface area (Å²) in [6.07, 6.45) is 0. The lowest BCUT2D eigenvalue weighted by Crippen LogP contribution is -2.27. The van der Waals surface area contributed by atoms with Crippen LogP contribution in [0.3, 0.4) is 0 Å². The maximum absolute atomic E-state index is 12.1. The van der Waals surface area contributed by atoms with Gasteiger partial charge in [-0.05, 0) is 36.8 Å². The zero-order valence-corrected chi connectivity index (χ0v) is 11.3. The second-order valence-corrected chi connectivity index (χ2v) is 4.77. The Morgan fingerprint density at radius 2 is 1.95 bits per heavy atom. The van der Waals surface area contributed by atoms with Gasteiger partial charge in [-0.1, -0.05) is 35.9 Å². The number of amides is 1. The van der Waals surface area contributed by atoms with Gasteiger partial charge in [-0.3, -0.25) is 4.79 Å². The van der Waals surface area contributed by atoms with Gasteiger partial charge in [0.2, 0.25) is 0 Å². The molecule has 0 aliphatic rings. The molecule has 0 aromatic heterocycles. The molecule has 0 saturated heterocycles. The van der Waals surface area contributed by atoms with Crippen LogP contribution in [0.4, 0.5) is 5.69 Å². The largest absolute Gasteiger partial charge is 0.398 e. The highest BCUT2D eigenvalue weighted by Gasteiger charge is 2.13. The summed E-state index contributed by atoms with van der Waals surface area (Å²) in [5.74, 6) is -0.189. The Morgan fingerprint density at radius 1 is 1.21 bits per heavy atom. The number of nitrogen functional groups attached to an aromatic ring is 1. The predicted octanol–water partition coefficient (Wildman–Crippen LogP) is 3.41. The number of nitrogens with two attached hydrogens (primary N) is 1. The molecule has 2 aromatic carbocycles. The molecule has 0 heterocycles. The molecule has 19 heavy (non-hydrogen) atoms. The number of halogens is 1. The van der Waals surface area contributed by atoms with E-state index in [0.29, 0.717) is 16.3 Å². The first-order valence-corrected chi connectivity index (χ1v) is 6.36. The van der Waals surface area contributed by atoms with Gasteiger partial charge in [-0.2, -0.15) is 0 Å². The lowest BCUT2D eigenvalue weighted by Gasteiger charge is -2.15. The van der Waals surface area contributed by atoms with E-state index in [2.05, 4.69) is 5.32 Å². The quantitative estimate of drug-likeness (QED) is 0.843. The standard InChI is InChI=1S/C15H15ClN2O/c1-10(11-5-4-6-12(16)9-11)18-15(19)13-7-2-3-8-14(13)17/h2-10H,17H2,1H3,(H,18,19)/t10-/m0/s1. The van der Waals surface area contributed by atoms with Crippen molar-refractivity contribution in [3.05, 3.63) is 64.7 Å². The maximum atomic E-state index is 12.1. The van der Waals surface area contributed by atoms with Crippen molar-refractivity contribution in [2.24, 2.45) is 0 Å². The summed E-state index contributed by atoms with van der Waals surface area (Å²) in [6, 6.07) is 14.3. The third kappa shape index (κ3) is 3.26. The van der Waals surface area contributed by atoms with E-state index in [1.807, 2.05) is 25.1 Å². The molecule has 0 fully saturated rings. The fourth-order valence-corrected chi connectivity index (χ4v) is 2.04. The van der Waals surface area contributed by atoms with Crippen LogP contribution in [0.1, 0.15) is 28.9 Å². The second-order valence-electron chi connectivity index (χ2n) is 4.34. The van der Waals surface area contributed by atoms with E-state index < -0.39 is 0 Å². The van der Waals surface area contributed by atoms with E-state index in [1.165, 1.54) is 0 Å². The normalized spacial score (nSPS) is 11.9. The van der Waals surface area contributed by atoms with Crippen LogP contribution in [0.15, 0.2) is 48.5 Å². The number of carbonyl (C=O) groups is 1. The van der Waals surface area contributed by atoms with E-state index in [9.17, 15) is 4.79 Å². The van der Waals surface area contributed by atoms with Crippen LogP contribution in [0.5, 0.6) is 0 Å². The summed E-state index contributed by atoms with van der Waals surface area (Å²) in [5.41, 5.74) is 7.69. The second kappa shape index (κ2) is 5.76. The number of anilines is 1. The average Bonchev–Trinajstić information content (AvgIpc) is 2.39. The molecule has 1 amide bonds. The van der Waals surface area contributed by atoms with Gasteiger partial charge in [0.1, 0.15) is 0 Å². The van der Waals surface area contributed by atoms with Gasteiger partial charge in [0, 0.05) is 10.7 Å². The summed E-state index contributed by atoms with van der Waals surface area (Å²) in [5, 5.41) is 3.55. The molecule has 0 saturated carbocycles. The van der Waals surface area contributed by atoms with Gasteiger partial charge < -0.3 is 11.1 Å². The minimum atomic E-state index is -0.189. The van der Waals surface area contributed by atoms with Crippen molar-refractivity contribution in [1.29, 1.82) is 0 Å². The zero-order valence-electron chi connectivity index (χ0n) is 10.6. The van der Waals surface area contributed by atoms with Gasteiger partial charge in [0.05, 0.1) is 11.6 Å². The Hall–Kier alpha value is -2.00. The minimum Gasteiger partial charge on any atom is -0.398 e. The minimum absolute atomic E-state index is 0.134. The number of hydrogen-bond acceptors (Lipinski definition) is 2. The van der Waals surface area contributed by atoms with E-state index in [4.69, 9.17) is 17.3 Å². The first-order valence-electron chi connectivity index (χ1n) is 5.99. The molecule has 0 unspecified atom stereocenters. The summed E-state index contributed by atoms with van der Waals surface area (Å²) in [6.45, 7) is 1.91. The number of para-hydroxylation sites is 1. The summed E-state index contributed by atoms with van der Waals surface area (Å²) in [4.78, 5) is 12.1. The van der Waals surface area contributed by atoms with Crippen molar-refractivity contribution in [1.82, 2.24) is 5.32 Å². The van der Waals surface area contributed by atoms with Crippen molar-refractivity contribution < 1.29 is 4.79 Å². The van der Waals surface area contributed by atoms with Crippen molar-refractivity contribution >= 4 is 23.2 Å².